The van der Waals surface area contributed by atoms with Crippen LogP contribution in [-0.4, -0.2) is 86.9 Å². The largest absolute Gasteiger partial charge is 0.496 e. The van der Waals surface area contributed by atoms with Crippen LogP contribution in [0.3, 0.4) is 0 Å². The summed E-state index contributed by atoms with van der Waals surface area (Å²) in [6.07, 6.45) is 6.60. The molecule has 0 radical (unpaired) electrons. The Bertz CT molecular complexity index is 924. The number of hydroxylamine groups is 2. The van der Waals surface area contributed by atoms with E-state index in [1.807, 2.05) is 11.9 Å². The van der Waals surface area contributed by atoms with Gasteiger partial charge < -0.3 is 14.5 Å². The molecular weight excluding hydrogens is 430 g/mol. The fourth-order valence-corrected chi connectivity index (χ4v) is 7.48. The van der Waals surface area contributed by atoms with Crippen molar-refractivity contribution in [1.82, 2.24) is 9.96 Å². The fourth-order valence-electron chi connectivity index (χ4n) is 5.17. The van der Waals surface area contributed by atoms with Crippen LogP contribution >= 0.6 is 0 Å². The highest BCUT2D eigenvalue weighted by atomic mass is 32.2. The molecule has 3 aliphatic rings. The topological polar surface area (TPSA) is 76.1 Å². The molecule has 1 atom stereocenters. The zero-order chi connectivity index (χ0) is 22.8. The fraction of sp³-hybridized carbons (Fsp3) is 0.696. The van der Waals surface area contributed by atoms with Gasteiger partial charge in [0.2, 0.25) is 0 Å². The van der Waals surface area contributed by atoms with Crippen LogP contribution < -0.4 is 9.57 Å². The van der Waals surface area contributed by atoms with Crippen molar-refractivity contribution in [2.75, 3.05) is 53.4 Å². The quantitative estimate of drug-likeness (QED) is 0.600. The van der Waals surface area contributed by atoms with E-state index in [0.717, 1.165) is 51.6 Å². The molecule has 178 valence electrons. The maximum Gasteiger partial charge on any atom is 0.301 e. The molecule has 0 N–H and O–H groups in total. The number of benzene rings is 1. The van der Waals surface area contributed by atoms with Crippen LogP contribution in [0.1, 0.15) is 55.3 Å². The Morgan fingerprint density at radius 2 is 1.75 bits per heavy atom. The summed E-state index contributed by atoms with van der Waals surface area (Å²) in [5.74, 6) is 1.02. The lowest BCUT2D eigenvalue weighted by atomic mass is 10.1. The first kappa shape index (κ1) is 23.3. The van der Waals surface area contributed by atoms with Crippen LogP contribution in [0.15, 0.2) is 18.2 Å². The maximum absolute atomic E-state index is 13.3. The summed E-state index contributed by atoms with van der Waals surface area (Å²) in [4.78, 5) is 20.9. The van der Waals surface area contributed by atoms with E-state index in [1.165, 1.54) is 0 Å². The van der Waals surface area contributed by atoms with E-state index >= 15 is 0 Å². The molecule has 3 saturated heterocycles. The van der Waals surface area contributed by atoms with Gasteiger partial charge in [-0.25, -0.2) is 3.89 Å². The second-order valence-corrected chi connectivity index (χ2v) is 12.0. The summed E-state index contributed by atoms with van der Waals surface area (Å²) < 4.78 is 32.3. The van der Waals surface area contributed by atoms with Gasteiger partial charge in [0.15, 0.2) is 5.75 Å². The van der Waals surface area contributed by atoms with Gasteiger partial charge in [-0.15, -0.1) is 5.06 Å². The molecule has 0 aromatic heterocycles. The molecule has 0 spiro atoms. The molecule has 4 rings (SSSR count). The first-order valence-electron chi connectivity index (χ1n) is 11.8. The number of ether oxygens (including phenoxy) is 1. The molecule has 1 aromatic carbocycles. The maximum atomic E-state index is 13.3. The Kier molecular flexibility index (Phi) is 6.97. The van der Waals surface area contributed by atoms with E-state index < -0.39 is 15.3 Å². The van der Waals surface area contributed by atoms with Crippen LogP contribution in [0.4, 0.5) is 0 Å². The molecule has 0 bridgehead atoms. The highest BCUT2D eigenvalue weighted by Gasteiger charge is 2.47. The molecular formula is C23H36N3O5S+. The summed E-state index contributed by atoms with van der Waals surface area (Å²) in [6, 6.07) is 5.25. The minimum absolute atomic E-state index is 0.0141. The highest BCUT2D eigenvalue weighted by Crippen LogP contribution is 2.31. The zero-order valence-corrected chi connectivity index (χ0v) is 20.1. The third kappa shape index (κ3) is 4.61. The Morgan fingerprint density at radius 3 is 2.44 bits per heavy atom. The van der Waals surface area contributed by atoms with Crippen molar-refractivity contribution in [2.45, 2.75) is 50.2 Å². The number of hydrogen-bond donors (Lipinski definition) is 0. The number of quaternary nitrogens is 1. The predicted molar refractivity (Wildman–Crippen MR) is 122 cm³/mol. The summed E-state index contributed by atoms with van der Waals surface area (Å²) in [5.41, 5.74) is 0.535. The number of piperidine rings is 2. The van der Waals surface area contributed by atoms with Crippen LogP contribution in [0.5, 0.6) is 11.5 Å². The number of sulfonamides is 1. The van der Waals surface area contributed by atoms with Gasteiger partial charge in [-0.1, -0.05) is 0 Å². The predicted octanol–water partition coefficient (Wildman–Crippen LogP) is 2.65. The number of carbonyl (C=O) groups excluding carboxylic acids is 1. The Balaban J connectivity index is 1.45. The Hall–Kier alpha value is -1.84. The molecule has 0 aliphatic carbocycles. The van der Waals surface area contributed by atoms with Crippen LogP contribution in [0.25, 0.3) is 0 Å². The average molecular weight is 467 g/mol. The second kappa shape index (κ2) is 9.57. The average Bonchev–Trinajstić information content (AvgIpc) is 3.27. The van der Waals surface area contributed by atoms with Crippen molar-refractivity contribution in [3.63, 3.8) is 0 Å². The number of rotatable bonds is 6. The Morgan fingerprint density at radius 1 is 1.03 bits per heavy atom. The molecule has 0 saturated carbocycles. The first-order chi connectivity index (χ1) is 15.3. The van der Waals surface area contributed by atoms with E-state index in [2.05, 4.69) is 0 Å². The van der Waals surface area contributed by atoms with Crippen molar-refractivity contribution in [3.8, 4) is 11.5 Å². The summed E-state index contributed by atoms with van der Waals surface area (Å²) in [5, 5.41) is 1.32. The first-order valence-corrected chi connectivity index (χ1v) is 13.3. The number of likely N-dealkylation sites (tertiary alicyclic amines) is 2. The van der Waals surface area contributed by atoms with Gasteiger partial charge >= 0.3 is 10.0 Å². The Labute approximate surface area is 191 Å². The molecule has 9 heteroatoms. The van der Waals surface area contributed by atoms with Gasteiger partial charge in [0.25, 0.3) is 5.91 Å². The third-order valence-corrected chi connectivity index (χ3v) is 9.99. The van der Waals surface area contributed by atoms with Crippen molar-refractivity contribution in [3.05, 3.63) is 23.8 Å². The van der Waals surface area contributed by atoms with Gasteiger partial charge in [-0.05, 0) is 44.2 Å². The lowest BCUT2D eigenvalue weighted by molar-refractivity contribution is -0.771. The summed E-state index contributed by atoms with van der Waals surface area (Å²) in [7, 11) is 0.115. The number of nitrogens with zero attached hydrogens (tertiary/aromatic N) is 3. The van der Waals surface area contributed by atoms with Crippen LogP contribution in [0, 0.1) is 0 Å². The summed E-state index contributed by atoms with van der Waals surface area (Å²) >= 11 is 0. The van der Waals surface area contributed by atoms with E-state index in [0.29, 0.717) is 49.7 Å². The van der Waals surface area contributed by atoms with Crippen molar-refractivity contribution < 1.29 is 26.7 Å². The van der Waals surface area contributed by atoms with Gasteiger partial charge in [0.05, 0.1) is 39.4 Å². The second-order valence-electron chi connectivity index (χ2n) is 9.42. The van der Waals surface area contributed by atoms with Gasteiger partial charge in [0.1, 0.15) is 11.0 Å². The lowest BCUT2D eigenvalue weighted by Gasteiger charge is -2.36. The molecule has 32 heavy (non-hydrogen) atoms. The smallest absolute Gasteiger partial charge is 0.301 e. The van der Waals surface area contributed by atoms with Crippen LogP contribution in [0.2, 0.25) is 0 Å². The SMILES string of the molecule is COc1cc(ON2CCCC(S(=O)(=O)[N+]3(C)CCCC3)C2)ccc1C(=O)N1CCCCC1. The third-order valence-electron chi connectivity index (χ3n) is 7.17. The number of methoxy groups -OCH3 is 1. The van der Waals surface area contributed by atoms with Gasteiger partial charge in [-0.2, -0.15) is 8.42 Å². The van der Waals surface area contributed by atoms with E-state index in [4.69, 9.17) is 9.57 Å². The molecule has 1 unspecified atom stereocenters. The lowest BCUT2D eigenvalue weighted by Crippen LogP contribution is -2.55. The highest BCUT2D eigenvalue weighted by molar-refractivity contribution is 7.86. The van der Waals surface area contributed by atoms with Gasteiger partial charge in [-0.3, -0.25) is 4.79 Å². The normalized spacial score (nSPS) is 24.3. The molecule has 3 heterocycles. The number of hydrogen-bond acceptors (Lipinski definition) is 6. The standard InChI is InChI=1S/C23H36N3O5S/c1-26(15-6-7-16-26)32(28,29)20-9-8-14-25(18-20)31-19-10-11-21(22(17-19)30-2)23(27)24-12-4-3-5-13-24/h10-11,17,20H,3-9,12-16,18H2,1-2H3/q+1. The minimum Gasteiger partial charge on any atom is -0.496 e. The minimum atomic E-state index is -3.29. The van der Waals surface area contributed by atoms with Crippen molar-refractivity contribution >= 4 is 15.9 Å². The molecule has 3 aliphatic heterocycles. The molecule has 1 amide bonds. The van der Waals surface area contributed by atoms with Crippen LogP contribution in [-0.2, 0) is 10.0 Å². The van der Waals surface area contributed by atoms with Crippen molar-refractivity contribution in [2.24, 2.45) is 0 Å². The van der Waals surface area contributed by atoms with Crippen molar-refractivity contribution in [1.29, 1.82) is 0 Å². The molecule has 3 fully saturated rings. The number of carbonyl (C=O) groups is 1. The van der Waals surface area contributed by atoms with Gasteiger partial charge in [0, 0.05) is 38.5 Å². The van der Waals surface area contributed by atoms with E-state index in [9.17, 15) is 13.2 Å². The monoisotopic (exact) mass is 466 g/mol. The molecule has 8 nitrogen and oxygen atoms in total. The molecule has 1 aromatic rings. The number of amides is 1. The zero-order valence-electron chi connectivity index (χ0n) is 19.3. The van der Waals surface area contributed by atoms with E-state index in [1.54, 1.807) is 30.4 Å². The van der Waals surface area contributed by atoms with E-state index in [-0.39, 0.29) is 9.80 Å². The summed E-state index contributed by atoms with van der Waals surface area (Å²) in [6.45, 7) is 3.98.